The van der Waals surface area contributed by atoms with Gasteiger partial charge in [0.2, 0.25) is 5.75 Å². The van der Waals surface area contributed by atoms with Gasteiger partial charge in [-0.15, -0.1) is 6.42 Å². The SMILES string of the molecule is C#CCN=C(NCC)N1CCN(Cc2cc(OC)c(OC)c(OC)c2)CC1. The minimum absolute atomic E-state index is 0.397. The number of methoxy groups -OCH3 is 3. The molecule has 1 fully saturated rings. The van der Waals surface area contributed by atoms with Crippen molar-refractivity contribution in [2.75, 3.05) is 60.6 Å². The summed E-state index contributed by atoms with van der Waals surface area (Å²) in [5.41, 5.74) is 1.13. The quantitative estimate of drug-likeness (QED) is 0.443. The molecule has 7 nitrogen and oxygen atoms in total. The van der Waals surface area contributed by atoms with Crippen LogP contribution in [0.4, 0.5) is 0 Å². The first-order chi connectivity index (χ1) is 13.2. The second kappa shape index (κ2) is 10.5. The molecule has 0 spiro atoms. The van der Waals surface area contributed by atoms with E-state index in [1.807, 2.05) is 12.1 Å². The zero-order valence-electron chi connectivity index (χ0n) is 16.7. The molecule has 0 amide bonds. The molecule has 1 aliphatic heterocycles. The van der Waals surface area contributed by atoms with Crippen LogP contribution < -0.4 is 19.5 Å². The third kappa shape index (κ3) is 5.44. The van der Waals surface area contributed by atoms with Gasteiger partial charge in [0, 0.05) is 39.3 Å². The fraction of sp³-hybridized carbons (Fsp3) is 0.550. The van der Waals surface area contributed by atoms with Gasteiger partial charge in [-0.25, -0.2) is 4.99 Å². The topological polar surface area (TPSA) is 58.6 Å². The predicted octanol–water partition coefficient (Wildman–Crippen LogP) is 1.43. The summed E-state index contributed by atoms with van der Waals surface area (Å²) in [5.74, 6) is 5.44. The van der Waals surface area contributed by atoms with Gasteiger partial charge in [-0.05, 0) is 24.6 Å². The van der Waals surface area contributed by atoms with E-state index < -0.39 is 0 Å². The van der Waals surface area contributed by atoms with Crippen molar-refractivity contribution < 1.29 is 14.2 Å². The number of guanidine groups is 1. The Kier molecular flexibility index (Phi) is 8.08. The molecule has 1 heterocycles. The van der Waals surface area contributed by atoms with Crippen LogP contribution >= 0.6 is 0 Å². The highest BCUT2D eigenvalue weighted by Crippen LogP contribution is 2.38. The Labute approximate surface area is 162 Å². The standard InChI is InChI=1S/C20H30N4O3/c1-6-8-22-20(21-7-2)24-11-9-23(10-12-24)15-16-13-17(25-3)19(27-5)18(14-16)26-4/h1,13-14H,7-12,15H2,2-5H3,(H,21,22). The van der Waals surface area contributed by atoms with Crippen LogP contribution in [0.15, 0.2) is 17.1 Å². The molecule has 0 saturated carbocycles. The average molecular weight is 374 g/mol. The Morgan fingerprint density at radius 1 is 1.11 bits per heavy atom. The number of terminal acetylenes is 1. The van der Waals surface area contributed by atoms with Crippen molar-refractivity contribution >= 4 is 5.96 Å². The van der Waals surface area contributed by atoms with Crippen LogP contribution in [0.3, 0.4) is 0 Å². The lowest BCUT2D eigenvalue weighted by Gasteiger charge is -2.36. The van der Waals surface area contributed by atoms with Gasteiger partial charge in [-0.3, -0.25) is 4.90 Å². The zero-order chi connectivity index (χ0) is 19.6. The van der Waals surface area contributed by atoms with Gasteiger partial charge in [0.1, 0.15) is 6.54 Å². The molecule has 148 valence electrons. The number of piperazine rings is 1. The van der Waals surface area contributed by atoms with E-state index >= 15 is 0 Å². The highest BCUT2D eigenvalue weighted by Gasteiger charge is 2.21. The van der Waals surface area contributed by atoms with Crippen molar-refractivity contribution in [1.82, 2.24) is 15.1 Å². The Bertz CT molecular complexity index is 651. The molecule has 0 aromatic heterocycles. The van der Waals surface area contributed by atoms with Crippen molar-refractivity contribution in [3.05, 3.63) is 17.7 Å². The summed E-state index contributed by atoms with van der Waals surface area (Å²) in [6, 6.07) is 4.01. The van der Waals surface area contributed by atoms with Gasteiger partial charge in [0.15, 0.2) is 17.5 Å². The van der Waals surface area contributed by atoms with Gasteiger partial charge in [0.05, 0.1) is 21.3 Å². The second-order valence-corrected chi connectivity index (χ2v) is 6.17. The molecule has 0 radical (unpaired) electrons. The highest BCUT2D eigenvalue weighted by atomic mass is 16.5. The van der Waals surface area contributed by atoms with Crippen molar-refractivity contribution in [2.45, 2.75) is 13.5 Å². The molecule has 27 heavy (non-hydrogen) atoms. The van der Waals surface area contributed by atoms with Crippen LogP contribution in [0.25, 0.3) is 0 Å². The Morgan fingerprint density at radius 3 is 2.22 bits per heavy atom. The summed E-state index contributed by atoms with van der Waals surface area (Å²) in [6.07, 6.45) is 5.34. The molecule has 0 bridgehead atoms. The monoisotopic (exact) mass is 374 g/mol. The molecule has 1 aromatic rings. The summed E-state index contributed by atoms with van der Waals surface area (Å²) in [6.45, 7) is 7.80. The Balaban J connectivity index is 2.02. The molecule has 1 aliphatic rings. The maximum Gasteiger partial charge on any atom is 0.203 e. The molecule has 0 aliphatic carbocycles. The van der Waals surface area contributed by atoms with Crippen molar-refractivity contribution in [1.29, 1.82) is 0 Å². The van der Waals surface area contributed by atoms with Crippen molar-refractivity contribution in [3.63, 3.8) is 0 Å². The van der Waals surface area contributed by atoms with Crippen LogP contribution in [-0.4, -0.2) is 76.4 Å². The van der Waals surface area contributed by atoms with Crippen LogP contribution in [0, 0.1) is 12.3 Å². The third-order valence-corrected chi connectivity index (χ3v) is 4.46. The van der Waals surface area contributed by atoms with E-state index in [2.05, 4.69) is 33.0 Å². The Morgan fingerprint density at radius 2 is 1.74 bits per heavy atom. The lowest BCUT2D eigenvalue weighted by Crippen LogP contribution is -2.52. The van der Waals surface area contributed by atoms with E-state index in [1.54, 1.807) is 21.3 Å². The minimum Gasteiger partial charge on any atom is -0.493 e. The fourth-order valence-corrected chi connectivity index (χ4v) is 3.15. The number of hydrogen-bond acceptors (Lipinski definition) is 5. The number of ether oxygens (including phenoxy) is 3. The normalized spacial score (nSPS) is 15.2. The molecular weight excluding hydrogens is 344 g/mol. The first kappa shape index (κ1) is 20.7. The summed E-state index contributed by atoms with van der Waals surface area (Å²) >= 11 is 0. The van der Waals surface area contributed by atoms with Crippen LogP contribution in [-0.2, 0) is 6.54 Å². The predicted molar refractivity (Wildman–Crippen MR) is 108 cm³/mol. The number of aliphatic imine (C=N–C) groups is 1. The van der Waals surface area contributed by atoms with Crippen LogP contribution in [0.1, 0.15) is 12.5 Å². The first-order valence-corrected chi connectivity index (χ1v) is 9.14. The molecule has 0 unspecified atom stereocenters. The van der Waals surface area contributed by atoms with E-state index in [0.717, 1.165) is 50.8 Å². The molecule has 1 N–H and O–H groups in total. The van der Waals surface area contributed by atoms with E-state index in [1.165, 1.54) is 0 Å². The maximum atomic E-state index is 5.45. The summed E-state index contributed by atoms with van der Waals surface area (Å²) in [4.78, 5) is 9.12. The van der Waals surface area contributed by atoms with Crippen LogP contribution in [0.5, 0.6) is 17.2 Å². The lowest BCUT2D eigenvalue weighted by atomic mass is 10.1. The number of hydrogen-bond donors (Lipinski definition) is 1. The molecule has 0 atom stereocenters. The third-order valence-electron chi connectivity index (χ3n) is 4.46. The summed E-state index contributed by atoms with van der Waals surface area (Å²) < 4.78 is 16.3. The molecular formula is C20H30N4O3. The first-order valence-electron chi connectivity index (χ1n) is 9.14. The number of rotatable bonds is 7. The molecule has 7 heteroatoms. The van der Waals surface area contributed by atoms with Gasteiger partial charge < -0.3 is 24.4 Å². The van der Waals surface area contributed by atoms with Crippen molar-refractivity contribution in [2.24, 2.45) is 4.99 Å². The van der Waals surface area contributed by atoms with E-state index in [9.17, 15) is 0 Å². The van der Waals surface area contributed by atoms with Gasteiger partial charge in [-0.2, -0.15) is 0 Å². The highest BCUT2D eigenvalue weighted by molar-refractivity contribution is 5.80. The fourth-order valence-electron chi connectivity index (χ4n) is 3.15. The van der Waals surface area contributed by atoms with Crippen LogP contribution in [0.2, 0.25) is 0 Å². The second-order valence-electron chi connectivity index (χ2n) is 6.17. The summed E-state index contributed by atoms with van der Waals surface area (Å²) in [7, 11) is 4.89. The molecule has 2 rings (SSSR count). The maximum absolute atomic E-state index is 5.45. The molecule has 1 saturated heterocycles. The lowest BCUT2D eigenvalue weighted by molar-refractivity contribution is 0.172. The number of nitrogens with one attached hydrogen (secondary N) is 1. The van der Waals surface area contributed by atoms with Gasteiger partial charge in [-0.1, -0.05) is 5.92 Å². The zero-order valence-corrected chi connectivity index (χ0v) is 16.7. The van der Waals surface area contributed by atoms with Gasteiger partial charge in [0.25, 0.3) is 0 Å². The minimum atomic E-state index is 0.397. The van der Waals surface area contributed by atoms with Crippen molar-refractivity contribution in [3.8, 4) is 29.6 Å². The number of benzene rings is 1. The smallest absolute Gasteiger partial charge is 0.203 e. The van der Waals surface area contributed by atoms with E-state index in [-0.39, 0.29) is 0 Å². The van der Waals surface area contributed by atoms with E-state index in [4.69, 9.17) is 20.6 Å². The largest absolute Gasteiger partial charge is 0.493 e. The van der Waals surface area contributed by atoms with Gasteiger partial charge >= 0.3 is 0 Å². The van der Waals surface area contributed by atoms with E-state index in [0.29, 0.717) is 23.8 Å². The average Bonchev–Trinajstić information content (AvgIpc) is 2.71. The number of nitrogens with zero attached hydrogens (tertiary/aromatic N) is 3. The summed E-state index contributed by atoms with van der Waals surface area (Å²) in [5, 5.41) is 3.31. The Hall–Kier alpha value is -2.59. The molecule has 1 aromatic carbocycles.